The molecule has 1 atom stereocenters. The molecule has 6 nitrogen and oxygen atoms in total. The number of nitrogens with zero attached hydrogens (tertiary/aromatic N) is 1. The molecule has 1 unspecified atom stereocenters. The van der Waals surface area contributed by atoms with Crippen LogP contribution >= 0.6 is 11.3 Å². The van der Waals surface area contributed by atoms with E-state index in [1.165, 1.54) is 4.88 Å². The Morgan fingerprint density at radius 1 is 1.24 bits per heavy atom. The molecule has 2 heterocycles. The van der Waals surface area contributed by atoms with Crippen molar-refractivity contribution in [2.24, 2.45) is 5.92 Å². The lowest BCUT2D eigenvalue weighted by molar-refractivity contribution is -0.122. The molecule has 1 aliphatic heterocycles. The van der Waals surface area contributed by atoms with Crippen LogP contribution in [0.1, 0.15) is 23.3 Å². The Hall–Kier alpha value is -1.74. The first-order valence-electron chi connectivity index (χ1n) is 10.00. The van der Waals surface area contributed by atoms with Crippen molar-refractivity contribution in [3.63, 3.8) is 0 Å². The second-order valence-corrected chi connectivity index (χ2v) is 10.4. The number of hydrogen-bond donors (Lipinski definition) is 2. The number of piperidine rings is 1. The van der Waals surface area contributed by atoms with Crippen molar-refractivity contribution >= 4 is 27.3 Å². The summed E-state index contributed by atoms with van der Waals surface area (Å²) in [5.74, 6) is 0.241. The van der Waals surface area contributed by atoms with Crippen LogP contribution in [0.25, 0.3) is 0 Å². The maximum Gasteiger partial charge on any atom is 0.240 e. The van der Waals surface area contributed by atoms with Crippen LogP contribution in [-0.4, -0.2) is 51.9 Å². The number of hydrogen-bond acceptors (Lipinski definition) is 5. The number of sulfonamides is 1. The van der Waals surface area contributed by atoms with Gasteiger partial charge in [0.2, 0.25) is 15.9 Å². The molecule has 29 heavy (non-hydrogen) atoms. The highest BCUT2D eigenvalue weighted by atomic mass is 32.2. The molecule has 1 amide bonds. The second-order valence-electron chi connectivity index (χ2n) is 7.59. The van der Waals surface area contributed by atoms with E-state index in [4.69, 9.17) is 0 Å². The van der Waals surface area contributed by atoms with Crippen LogP contribution in [0, 0.1) is 12.8 Å². The van der Waals surface area contributed by atoms with Crippen molar-refractivity contribution < 1.29 is 13.2 Å². The Morgan fingerprint density at radius 3 is 2.76 bits per heavy atom. The number of aryl methyl sites for hydroxylation is 1. The zero-order chi connectivity index (χ0) is 20.7. The first-order chi connectivity index (χ1) is 13.9. The molecule has 0 radical (unpaired) electrons. The topological polar surface area (TPSA) is 78.5 Å². The second kappa shape index (κ2) is 10.3. The molecule has 0 spiro atoms. The van der Waals surface area contributed by atoms with Gasteiger partial charge in [-0.25, -0.2) is 13.1 Å². The zero-order valence-electron chi connectivity index (χ0n) is 16.8. The molecule has 3 rings (SSSR count). The third-order valence-electron chi connectivity index (χ3n) is 5.14. The van der Waals surface area contributed by atoms with Crippen LogP contribution in [0.15, 0.2) is 46.7 Å². The molecule has 2 N–H and O–H groups in total. The summed E-state index contributed by atoms with van der Waals surface area (Å²) in [5, 5.41) is 5.02. The van der Waals surface area contributed by atoms with Gasteiger partial charge in [-0.2, -0.15) is 0 Å². The fourth-order valence-electron chi connectivity index (χ4n) is 3.53. The summed E-state index contributed by atoms with van der Waals surface area (Å²) in [6, 6.07) is 10.9. The third kappa shape index (κ3) is 6.92. The van der Waals surface area contributed by atoms with Gasteiger partial charge in [-0.3, -0.25) is 9.69 Å². The first-order valence-corrected chi connectivity index (χ1v) is 12.4. The molecule has 158 valence electrons. The summed E-state index contributed by atoms with van der Waals surface area (Å²) < 4.78 is 27.7. The Morgan fingerprint density at radius 2 is 2.03 bits per heavy atom. The third-order valence-corrected chi connectivity index (χ3v) is 7.51. The van der Waals surface area contributed by atoms with E-state index in [1.54, 1.807) is 35.6 Å². The summed E-state index contributed by atoms with van der Waals surface area (Å²) in [7, 11) is -3.50. The molecule has 0 aliphatic carbocycles. The number of likely N-dealkylation sites (tertiary alicyclic amines) is 1. The van der Waals surface area contributed by atoms with Crippen LogP contribution in [-0.2, 0) is 21.2 Å². The van der Waals surface area contributed by atoms with E-state index >= 15 is 0 Å². The van der Waals surface area contributed by atoms with Crippen molar-refractivity contribution in [3.8, 4) is 0 Å². The molecule has 0 saturated carbocycles. The summed E-state index contributed by atoms with van der Waals surface area (Å²) in [6.07, 6.45) is 2.79. The van der Waals surface area contributed by atoms with Crippen molar-refractivity contribution in [2.75, 3.05) is 32.7 Å². The molecule has 1 saturated heterocycles. The van der Waals surface area contributed by atoms with Crippen LogP contribution < -0.4 is 10.0 Å². The molecule has 0 bridgehead atoms. The number of amides is 1. The molecule has 1 aromatic heterocycles. The van der Waals surface area contributed by atoms with E-state index in [1.807, 2.05) is 18.4 Å². The van der Waals surface area contributed by atoms with Crippen LogP contribution in [0.2, 0.25) is 0 Å². The number of carbonyl (C=O) groups is 1. The average Bonchev–Trinajstić information content (AvgIpc) is 3.21. The fraction of sp³-hybridized carbons (Fsp3) is 0.476. The van der Waals surface area contributed by atoms with Crippen LogP contribution in [0.3, 0.4) is 0 Å². The van der Waals surface area contributed by atoms with Crippen molar-refractivity contribution in [3.05, 3.63) is 52.2 Å². The smallest absolute Gasteiger partial charge is 0.240 e. The summed E-state index contributed by atoms with van der Waals surface area (Å²) in [6.45, 7) is 4.94. The highest BCUT2D eigenvalue weighted by Crippen LogP contribution is 2.17. The molecular weight excluding hydrogens is 406 g/mol. The number of benzene rings is 1. The van der Waals surface area contributed by atoms with Gasteiger partial charge in [0.1, 0.15) is 0 Å². The molecular formula is C21H29N3O3S2. The van der Waals surface area contributed by atoms with Gasteiger partial charge in [0, 0.05) is 24.5 Å². The SMILES string of the molecule is Cc1ccc(S(=O)(=O)NCC2CCCN(CC(=O)NCCc3cccs3)C2)cc1. The van der Waals surface area contributed by atoms with Crippen molar-refractivity contribution in [1.82, 2.24) is 14.9 Å². The van der Waals surface area contributed by atoms with E-state index in [0.717, 1.165) is 37.9 Å². The Labute approximate surface area is 177 Å². The highest BCUT2D eigenvalue weighted by Gasteiger charge is 2.23. The van der Waals surface area contributed by atoms with Gasteiger partial charge >= 0.3 is 0 Å². The first kappa shape index (κ1) is 22.0. The highest BCUT2D eigenvalue weighted by molar-refractivity contribution is 7.89. The lowest BCUT2D eigenvalue weighted by atomic mass is 9.98. The Balaban J connectivity index is 1.41. The Bertz CT molecular complexity index is 880. The van der Waals surface area contributed by atoms with E-state index in [-0.39, 0.29) is 11.8 Å². The molecule has 1 aliphatic rings. The van der Waals surface area contributed by atoms with Gasteiger partial charge in [-0.1, -0.05) is 23.8 Å². The maximum atomic E-state index is 12.5. The fourth-order valence-corrected chi connectivity index (χ4v) is 5.35. The van der Waals surface area contributed by atoms with E-state index in [9.17, 15) is 13.2 Å². The number of thiophene rings is 1. The summed E-state index contributed by atoms with van der Waals surface area (Å²) >= 11 is 1.70. The molecule has 1 fully saturated rings. The number of carbonyl (C=O) groups excluding carboxylic acids is 1. The molecule has 1 aromatic carbocycles. The van der Waals surface area contributed by atoms with Crippen LogP contribution in [0.4, 0.5) is 0 Å². The summed E-state index contributed by atoms with van der Waals surface area (Å²) in [4.78, 5) is 15.9. The minimum Gasteiger partial charge on any atom is -0.355 e. The zero-order valence-corrected chi connectivity index (χ0v) is 18.4. The van der Waals surface area contributed by atoms with Crippen LogP contribution in [0.5, 0.6) is 0 Å². The standard InChI is InChI=1S/C21H29N3O3S2/c1-17-6-8-20(9-7-17)29(26,27)23-14-18-4-2-12-24(15-18)16-21(25)22-11-10-19-5-3-13-28-19/h3,5-9,13,18,23H,2,4,10-12,14-16H2,1H3,(H,22,25). The maximum absolute atomic E-state index is 12.5. The number of nitrogens with one attached hydrogen (secondary N) is 2. The normalized spacial score (nSPS) is 17.9. The quantitative estimate of drug-likeness (QED) is 0.634. The van der Waals surface area contributed by atoms with Gasteiger partial charge in [0.25, 0.3) is 0 Å². The van der Waals surface area contributed by atoms with Gasteiger partial charge < -0.3 is 5.32 Å². The molecule has 8 heteroatoms. The van der Waals surface area contributed by atoms with Gasteiger partial charge in [-0.05, 0) is 62.2 Å². The minimum atomic E-state index is -3.50. The monoisotopic (exact) mass is 435 g/mol. The lowest BCUT2D eigenvalue weighted by Crippen LogP contribution is -2.45. The van der Waals surface area contributed by atoms with Crippen molar-refractivity contribution in [1.29, 1.82) is 0 Å². The van der Waals surface area contributed by atoms with E-state index in [2.05, 4.69) is 21.0 Å². The lowest BCUT2D eigenvalue weighted by Gasteiger charge is -2.32. The Kier molecular flexibility index (Phi) is 7.83. The minimum absolute atomic E-state index is 0.0300. The van der Waals surface area contributed by atoms with E-state index < -0.39 is 10.0 Å². The van der Waals surface area contributed by atoms with Gasteiger partial charge in [0.05, 0.1) is 11.4 Å². The predicted octanol–water partition coefficient (Wildman–Crippen LogP) is 2.41. The largest absolute Gasteiger partial charge is 0.355 e. The average molecular weight is 436 g/mol. The van der Waals surface area contributed by atoms with E-state index in [0.29, 0.717) is 24.5 Å². The van der Waals surface area contributed by atoms with Gasteiger partial charge in [0.15, 0.2) is 0 Å². The van der Waals surface area contributed by atoms with Gasteiger partial charge in [-0.15, -0.1) is 11.3 Å². The molecule has 2 aromatic rings. The van der Waals surface area contributed by atoms with Crippen molar-refractivity contribution in [2.45, 2.75) is 31.1 Å². The predicted molar refractivity (Wildman–Crippen MR) is 117 cm³/mol. The summed E-state index contributed by atoms with van der Waals surface area (Å²) in [5.41, 5.74) is 1.03. The number of rotatable bonds is 9.